The summed E-state index contributed by atoms with van der Waals surface area (Å²) < 4.78 is 19.7. The molecule has 1 aromatic rings. The maximum absolute atomic E-state index is 14.6. The Bertz CT molecular complexity index is 430. The van der Waals surface area contributed by atoms with E-state index in [2.05, 4.69) is 24.1 Å². The Balaban J connectivity index is 2.30. The number of benzene rings is 1. The highest BCUT2D eigenvalue weighted by Gasteiger charge is 2.26. The number of piperazine rings is 1. The summed E-state index contributed by atoms with van der Waals surface area (Å²) in [4.78, 5) is 2.38. The van der Waals surface area contributed by atoms with Crippen LogP contribution in [0.1, 0.15) is 31.9 Å². The molecule has 0 spiro atoms. The Morgan fingerprint density at radius 2 is 2.00 bits per heavy atom. The first-order valence-corrected chi connectivity index (χ1v) is 7.40. The van der Waals surface area contributed by atoms with E-state index in [0.29, 0.717) is 11.7 Å². The molecular formula is C16H25FN2O. The number of nitrogens with one attached hydrogen (secondary N) is 1. The fraction of sp³-hybridized carbons (Fsp3) is 0.625. The monoisotopic (exact) mass is 280 g/mol. The van der Waals surface area contributed by atoms with Crippen molar-refractivity contribution in [1.29, 1.82) is 0 Å². The Morgan fingerprint density at radius 1 is 1.30 bits per heavy atom. The predicted molar refractivity (Wildman–Crippen MR) is 79.6 cm³/mol. The molecule has 1 heterocycles. The second-order valence-corrected chi connectivity index (χ2v) is 5.79. The van der Waals surface area contributed by atoms with Crippen molar-refractivity contribution in [1.82, 2.24) is 10.2 Å². The Morgan fingerprint density at radius 3 is 2.60 bits per heavy atom. The van der Waals surface area contributed by atoms with E-state index < -0.39 is 0 Å². The standard InChI is InChI=1S/C16H25FN2O/c1-12(2)11-14(19-9-7-18-8-10-19)13-5-4-6-15(20-3)16(13)17/h4-6,12,14,18H,7-11H2,1-3H3/t14-/m0/s1. The van der Waals surface area contributed by atoms with Crippen LogP contribution in [0.25, 0.3) is 0 Å². The zero-order chi connectivity index (χ0) is 14.5. The molecule has 4 heteroatoms. The molecule has 20 heavy (non-hydrogen) atoms. The zero-order valence-electron chi connectivity index (χ0n) is 12.7. The summed E-state index contributed by atoms with van der Waals surface area (Å²) in [6.07, 6.45) is 0.962. The van der Waals surface area contributed by atoms with Crippen LogP contribution >= 0.6 is 0 Å². The van der Waals surface area contributed by atoms with Crippen molar-refractivity contribution in [2.75, 3.05) is 33.3 Å². The number of hydrogen-bond donors (Lipinski definition) is 1. The molecule has 0 radical (unpaired) electrons. The smallest absolute Gasteiger partial charge is 0.169 e. The summed E-state index contributed by atoms with van der Waals surface area (Å²) in [5, 5.41) is 3.35. The molecule has 1 aromatic carbocycles. The molecule has 1 aliphatic heterocycles. The number of ether oxygens (including phenoxy) is 1. The molecule has 0 bridgehead atoms. The van der Waals surface area contributed by atoms with E-state index in [0.717, 1.165) is 38.2 Å². The van der Waals surface area contributed by atoms with Crippen molar-refractivity contribution in [3.8, 4) is 5.75 Å². The van der Waals surface area contributed by atoms with Crippen LogP contribution in [0.2, 0.25) is 0 Å². The first-order valence-electron chi connectivity index (χ1n) is 7.40. The molecule has 1 fully saturated rings. The van der Waals surface area contributed by atoms with Gasteiger partial charge in [-0.2, -0.15) is 0 Å². The van der Waals surface area contributed by atoms with Gasteiger partial charge in [0.05, 0.1) is 7.11 Å². The van der Waals surface area contributed by atoms with E-state index in [9.17, 15) is 4.39 Å². The van der Waals surface area contributed by atoms with Crippen LogP contribution in [0.4, 0.5) is 4.39 Å². The summed E-state index contributed by atoms with van der Waals surface area (Å²) in [7, 11) is 1.52. The number of nitrogens with zero attached hydrogens (tertiary/aromatic N) is 1. The minimum absolute atomic E-state index is 0.132. The van der Waals surface area contributed by atoms with Crippen LogP contribution in [0.3, 0.4) is 0 Å². The first kappa shape index (κ1) is 15.3. The van der Waals surface area contributed by atoms with E-state index in [1.54, 1.807) is 6.07 Å². The first-order chi connectivity index (χ1) is 9.63. The highest BCUT2D eigenvalue weighted by Crippen LogP contribution is 2.33. The van der Waals surface area contributed by atoms with Crippen LogP contribution < -0.4 is 10.1 Å². The minimum Gasteiger partial charge on any atom is -0.494 e. The second-order valence-electron chi connectivity index (χ2n) is 5.79. The summed E-state index contributed by atoms with van der Waals surface area (Å²) in [6.45, 7) is 8.25. The molecule has 0 aromatic heterocycles. The molecule has 3 nitrogen and oxygen atoms in total. The lowest BCUT2D eigenvalue weighted by Gasteiger charge is -2.36. The van der Waals surface area contributed by atoms with Gasteiger partial charge in [0, 0.05) is 37.8 Å². The van der Waals surface area contributed by atoms with Gasteiger partial charge in [0.25, 0.3) is 0 Å². The van der Waals surface area contributed by atoms with Gasteiger partial charge in [-0.1, -0.05) is 26.0 Å². The van der Waals surface area contributed by atoms with Crippen LogP contribution in [0, 0.1) is 11.7 Å². The maximum atomic E-state index is 14.6. The summed E-state index contributed by atoms with van der Waals surface area (Å²) >= 11 is 0. The molecule has 0 unspecified atom stereocenters. The third-order valence-corrected chi connectivity index (χ3v) is 3.86. The van der Waals surface area contributed by atoms with E-state index in [1.165, 1.54) is 7.11 Å². The minimum atomic E-state index is -0.209. The number of hydrogen-bond acceptors (Lipinski definition) is 3. The van der Waals surface area contributed by atoms with E-state index in [4.69, 9.17) is 4.74 Å². The highest BCUT2D eigenvalue weighted by atomic mass is 19.1. The SMILES string of the molecule is COc1cccc([C@H](CC(C)C)N2CCNCC2)c1F. The average molecular weight is 280 g/mol. The van der Waals surface area contributed by atoms with Gasteiger partial charge in [-0.05, 0) is 18.4 Å². The normalized spacial score (nSPS) is 18.2. The Hall–Kier alpha value is -1.13. The van der Waals surface area contributed by atoms with E-state index in [-0.39, 0.29) is 11.9 Å². The van der Waals surface area contributed by atoms with Crippen LogP contribution in [0.5, 0.6) is 5.75 Å². The molecule has 1 saturated heterocycles. The third-order valence-electron chi connectivity index (χ3n) is 3.86. The van der Waals surface area contributed by atoms with Crippen molar-refractivity contribution >= 4 is 0 Å². The summed E-state index contributed by atoms with van der Waals surface area (Å²) in [5.41, 5.74) is 0.764. The molecule has 1 aliphatic rings. The predicted octanol–water partition coefficient (Wildman–Crippen LogP) is 2.83. The molecular weight excluding hydrogens is 255 g/mol. The zero-order valence-corrected chi connectivity index (χ0v) is 12.7. The van der Waals surface area contributed by atoms with E-state index >= 15 is 0 Å². The van der Waals surface area contributed by atoms with Gasteiger partial charge < -0.3 is 10.1 Å². The number of halogens is 1. The lowest BCUT2D eigenvalue weighted by Crippen LogP contribution is -2.45. The summed E-state index contributed by atoms with van der Waals surface area (Å²) in [6, 6.07) is 5.59. The third kappa shape index (κ3) is 3.49. The van der Waals surface area contributed by atoms with Crippen molar-refractivity contribution in [2.45, 2.75) is 26.3 Å². The molecule has 1 atom stereocenters. The highest BCUT2D eigenvalue weighted by molar-refractivity contribution is 5.33. The van der Waals surface area contributed by atoms with Crippen molar-refractivity contribution in [3.63, 3.8) is 0 Å². The molecule has 0 amide bonds. The quantitative estimate of drug-likeness (QED) is 0.897. The van der Waals surface area contributed by atoms with Crippen molar-refractivity contribution < 1.29 is 9.13 Å². The van der Waals surface area contributed by atoms with Crippen molar-refractivity contribution in [2.24, 2.45) is 5.92 Å². The molecule has 2 rings (SSSR count). The van der Waals surface area contributed by atoms with Gasteiger partial charge in [0.15, 0.2) is 11.6 Å². The van der Waals surface area contributed by atoms with Gasteiger partial charge >= 0.3 is 0 Å². The number of methoxy groups -OCH3 is 1. The van der Waals surface area contributed by atoms with Crippen LogP contribution in [-0.4, -0.2) is 38.2 Å². The molecule has 0 aliphatic carbocycles. The topological polar surface area (TPSA) is 24.5 Å². The molecule has 1 N–H and O–H groups in total. The second kappa shape index (κ2) is 7.04. The van der Waals surface area contributed by atoms with Crippen LogP contribution in [-0.2, 0) is 0 Å². The molecule has 112 valence electrons. The van der Waals surface area contributed by atoms with E-state index in [1.807, 2.05) is 12.1 Å². The van der Waals surface area contributed by atoms with Gasteiger partial charge in [0.2, 0.25) is 0 Å². The van der Waals surface area contributed by atoms with Gasteiger partial charge in [-0.15, -0.1) is 0 Å². The summed E-state index contributed by atoms with van der Waals surface area (Å²) in [5.74, 6) is 0.658. The van der Waals surface area contributed by atoms with Gasteiger partial charge in [-0.3, -0.25) is 4.90 Å². The van der Waals surface area contributed by atoms with Gasteiger partial charge in [-0.25, -0.2) is 4.39 Å². The fourth-order valence-electron chi connectivity index (χ4n) is 2.86. The fourth-order valence-corrected chi connectivity index (χ4v) is 2.86. The van der Waals surface area contributed by atoms with Crippen LogP contribution in [0.15, 0.2) is 18.2 Å². The lowest BCUT2D eigenvalue weighted by atomic mass is 9.94. The Kier molecular flexibility index (Phi) is 5.38. The Labute approximate surface area is 121 Å². The average Bonchev–Trinajstić information content (AvgIpc) is 2.46. The maximum Gasteiger partial charge on any atom is 0.169 e. The number of rotatable bonds is 5. The van der Waals surface area contributed by atoms with Crippen molar-refractivity contribution in [3.05, 3.63) is 29.6 Å². The lowest BCUT2D eigenvalue weighted by molar-refractivity contribution is 0.150. The molecule has 0 saturated carbocycles. The van der Waals surface area contributed by atoms with Gasteiger partial charge in [0.1, 0.15) is 0 Å². The largest absolute Gasteiger partial charge is 0.494 e.